The van der Waals surface area contributed by atoms with Gasteiger partial charge < -0.3 is 20.5 Å². The lowest BCUT2D eigenvalue weighted by Gasteiger charge is -2.43. The quantitative estimate of drug-likeness (QED) is 0.788. The third-order valence-corrected chi connectivity index (χ3v) is 4.55. The summed E-state index contributed by atoms with van der Waals surface area (Å²) in [6.45, 7) is 1.60. The normalized spacial score (nSPS) is 26.2. The molecule has 2 rings (SSSR count). The highest BCUT2D eigenvalue weighted by molar-refractivity contribution is 5.84. The van der Waals surface area contributed by atoms with E-state index < -0.39 is 11.4 Å². The molecule has 1 aliphatic heterocycles. The molecule has 2 fully saturated rings. The van der Waals surface area contributed by atoms with E-state index in [1.54, 1.807) is 4.90 Å². The second-order valence-electron chi connectivity index (χ2n) is 5.87. The molecule has 6 heteroatoms. The smallest absolute Gasteiger partial charge is 0.305 e. The number of hydrogen-bond donors (Lipinski definition) is 2. The standard InChI is InChI=1S/C14H24N2O4/c15-10-14(4-2-1-3-5-14)13(19)16-6-7-20-9-11(16)8-12(17)18/h11H,1-10,15H2,(H,17,18). The summed E-state index contributed by atoms with van der Waals surface area (Å²) in [4.78, 5) is 25.5. The average molecular weight is 284 g/mol. The molecule has 114 valence electrons. The molecule has 1 saturated carbocycles. The minimum absolute atomic E-state index is 0.0363. The number of nitrogens with zero attached hydrogens (tertiary/aromatic N) is 1. The van der Waals surface area contributed by atoms with Crippen LogP contribution in [0.5, 0.6) is 0 Å². The van der Waals surface area contributed by atoms with Gasteiger partial charge in [-0.2, -0.15) is 0 Å². The van der Waals surface area contributed by atoms with Crippen molar-refractivity contribution in [1.29, 1.82) is 0 Å². The van der Waals surface area contributed by atoms with Crippen LogP contribution in [0.3, 0.4) is 0 Å². The monoisotopic (exact) mass is 284 g/mol. The van der Waals surface area contributed by atoms with Gasteiger partial charge in [0, 0.05) is 13.1 Å². The van der Waals surface area contributed by atoms with Gasteiger partial charge in [-0.15, -0.1) is 0 Å². The number of carboxylic acids is 1. The SMILES string of the molecule is NCC1(C(=O)N2CCOCC2CC(=O)O)CCCCC1. The fraction of sp³-hybridized carbons (Fsp3) is 0.857. The number of amides is 1. The first-order valence-electron chi connectivity index (χ1n) is 7.40. The highest BCUT2D eigenvalue weighted by Crippen LogP contribution is 2.38. The van der Waals surface area contributed by atoms with Crippen LogP contribution in [0.25, 0.3) is 0 Å². The third-order valence-electron chi connectivity index (χ3n) is 4.55. The zero-order chi connectivity index (χ0) is 14.6. The summed E-state index contributed by atoms with van der Waals surface area (Å²) in [6, 6.07) is -0.362. The number of carbonyl (C=O) groups is 2. The molecule has 1 aliphatic carbocycles. The zero-order valence-corrected chi connectivity index (χ0v) is 11.8. The molecule has 1 saturated heterocycles. The Morgan fingerprint density at radius 1 is 1.30 bits per heavy atom. The second-order valence-corrected chi connectivity index (χ2v) is 5.87. The van der Waals surface area contributed by atoms with E-state index in [2.05, 4.69) is 0 Å². The molecule has 0 aromatic carbocycles. The van der Waals surface area contributed by atoms with Crippen molar-refractivity contribution in [1.82, 2.24) is 4.90 Å². The number of nitrogens with two attached hydrogens (primary N) is 1. The molecule has 1 heterocycles. The zero-order valence-electron chi connectivity index (χ0n) is 11.8. The molecule has 0 radical (unpaired) electrons. The number of rotatable bonds is 4. The molecule has 3 N–H and O–H groups in total. The Labute approximate surface area is 119 Å². The second kappa shape index (κ2) is 6.54. The number of aliphatic carboxylic acids is 1. The summed E-state index contributed by atoms with van der Waals surface area (Å²) < 4.78 is 5.33. The highest BCUT2D eigenvalue weighted by atomic mass is 16.5. The largest absolute Gasteiger partial charge is 0.481 e. The van der Waals surface area contributed by atoms with Gasteiger partial charge in [0.2, 0.25) is 5.91 Å². The lowest BCUT2D eigenvalue weighted by molar-refractivity contribution is -0.155. The molecule has 1 unspecified atom stereocenters. The molecule has 0 aromatic heterocycles. The maximum Gasteiger partial charge on any atom is 0.305 e. The Hall–Kier alpha value is -1.14. The molecular formula is C14H24N2O4. The van der Waals surface area contributed by atoms with Crippen molar-refractivity contribution in [3.05, 3.63) is 0 Å². The topological polar surface area (TPSA) is 92.9 Å². The molecule has 0 aromatic rings. The number of hydrogen-bond acceptors (Lipinski definition) is 4. The first-order chi connectivity index (χ1) is 9.59. The summed E-state index contributed by atoms with van der Waals surface area (Å²) in [7, 11) is 0. The van der Waals surface area contributed by atoms with Crippen molar-refractivity contribution in [3.8, 4) is 0 Å². The van der Waals surface area contributed by atoms with E-state index in [1.807, 2.05) is 0 Å². The fourth-order valence-corrected chi connectivity index (χ4v) is 3.33. The minimum atomic E-state index is -0.899. The predicted molar refractivity (Wildman–Crippen MR) is 73.1 cm³/mol. The van der Waals surface area contributed by atoms with Gasteiger partial charge >= 0.3 is 5.97 Å². The highest BCUT2D eigenvalue weighted by Gasteiger charge is 2.43. The first-order valence-corrected chi connectivity index (χ1v) is 7.40. The minimum Gasteiger partial charge on any atom is -0.481 e. The van der Waals surface area contributed by atoms with Crippen LogP contribution in [0.4, 0.5) is 0 Å². The van der Waals surface area contributed by atoms with E-state index in [4.69, 9.17) is 15.6 Å². The van der Waals surface area contributed by atoms with Crippen molar-refractivity contribution in [2.24, 2.45) is 11.1 Å². The molecule has 1 atom stereocenters. The molecule has 2 aliphatic rings. The summed E-state index contributed by atoms with van der Waals surface area (Å²) in [5, 5.41) is 8.98. The fourth-order valence-electron chi connectivity index (χ4n) is 3.33. The summed E-state index contributed by atoms with van der Waals surface area (Å²) in [5.74, 6) is -0.863. The predicted octanol–water partition coefficient (Wildman–Crippen LogP) is 0.598. The number of carboxylic acid groups (broad SMARTS) is 1. The maximum atomic E-state index is 12.9. The van der Waals surface area contributed by atoms with E-state index in [0.29, 0.717) is 26.3 Å². The maximum absolute atomic E-state index is 12.9. The summed E-state index contributed by atoms with van der Waals surface area (Å²) >= 11 is 0. The number of carbonyl (C=O) groups excluding carboxylic acids is 1. The Kier molecular flexibility index (Phi) is 4.99. The van der Waals surface area contributed by atoms with Crippen LogP contribution < -0.4 is 5.73 Å². The van der Waals surface area contributed by atoms with Crippen molar-refractivity contribution < 1.29 is 19.4 Å². The molecule has 0 spiro atoms. The lowest BCUT2D eigenvalue weighted by atomic mass is 9.72. The molecule has 0 bridgehead atoms. The van der Waals surface area contributed by atoms with Gasteiger partial charge in [0.15, 0.2) is 0 Å². The van der Waals surface area contributed by atoms with Crippen LogP contribution in [0.2, 0.25) is 0 Å². The van der Waals surface area contributed by atoms with E-state index >= 15 is 0 Å². The average Bonchev–Trinajstić information content (AvgIpc) is 2.47. The molecular weight excluding hydrogens is 260 g/mol. The van der Waals surface area contributed by atoms with Gasteiger partial charge in [0.05, 0.1) is 31.1 Å². The van der Waals surface area contributed by atoms with E-state index in [-0.39, 0.29) is 18.4 Å². The molecule has 6 nitrogen and oxygen atoms in total. The summed E-state index contributed by atoms with van der Waals surface area (Å²) in [6.07, 6.45) is 4.77. The Bertz CT molecular complexity index is 366. The van der Waals surface area contributed by atoms with Crippen molar-refractivity contribution >= 4 is 11.9 Å². The van der Waals surface area contributed by atoms with Crippen molar-refractivity contribution in [2.45, 2.75) is 44.6 Å². The lowest BCUT2D eigenvalue weighted by Crippen LogP contribution is -2.56. The van der Waals surface area contributed by atoms with Crippen LogP contribution in [-0.2, 0) is 14.3 Å². The molecule has 1 amide bonds. The van der Waals surface area contributed by atoms with Crippen LogP contribution >= 0.6 is 0 Å². The number of morpholine rings is 1. The Morgan fingerprint density at radius 2 is 2.00 bits per heavy atom. The van der Waals surface area contributed by atoms with Crippen LogP contribution in [0.15, 0.2) is 0 Å². The Balaban J connectivity index is 2.13. The third kappa shape index (κ3) is 3.12. The number of ether oxygens (including phenoxy) is 1. The van der Waals surface area contributed by atoms with E-state index in [1.165, 1.54) is 0 Å². The van der Waals surface area contributed by atoms with Gasteiger partial charge in [0.25, 0.3) is 0 Å². The van der Waals surface area contributed by atoms with Crippen LogP contribution in [0.1, 0.15) is 38.5 Å². The van der Waals surface area contributed by atoms with Gasteiger partial charge in [-0.05, 0) is 12.8 Å². The van der Waals surface area contributed by atoms with E-state index in [0.717, 1.165) is 32.1 Å². The van der Waals surface area contributed by atoms with Crippen molar-refractivity contribution in [3.63, 3.8) is 0 Å². The van der Waals surface area contributed by atoms with E-state index in [9.17, 15) is 9.59 Å². The van der Waals surface area contributed by atoms with Crippen LogP contribution in [-0.4, -0.2) is 54.2 Å². The van der Waals surface area contributed by atoms with Gasteiger partial charge in [-0.3, -0.25) is 9.59 Å². The van der Waals surface area contributed by atoms with Gasteiger partial charge in [-0.1, -0.05) is 19.3 Å². The summed E-state index contributed by atoms with van der Waals surface area (Å²) in [5.41, 5.74) is 5.42. The van der Waals surface area contributed by atoms with Gasteiger partial charge in [-0.25, -0.2) is 0 Å². The van der Waals surface area contributed by atoms with Gasteiger partial charge in [0.1, 0.15) is 0 Å². The Morgan fingerprint density at radius 3 is 2.60 bits per heavy atom. The first kappa shape index (κ1) is 15.3. The van der Waals surface area contributed by atoms with Crippen molar-refractivity contribution in [2.75, 3.05) is 26.3 Å². The molecule has 20 heavy (non-hydrogen) atoms. The van der Waals surface area contributed by atoms with Crippen LogP contribution in [0, 0.1) is 5.41 Å².